The van der Waals surface area contributed by atoms with Crippen LogP contribution in [0.5, 0.6) is 5.75 Å². The molecule has 1 saturated carbocycles. The topological polar surface area (TPSA) is 58.6 Å². The van der Waals surface area contributed by atoms with E-state index in [-0.39, 0.29) is 28.7 Å². The number of anilines is 1. The number of urea groups is 1. The number of hydrogen-bond donors (Lipinski definition) is 1. The molecule has 2 amide bonds. The summed E-state index contributed by atoms with van der Waals surface area (Å²) < 4.78 is 48.4. The van der Waals surface area contributed by atoms with Gasteiger partial charge in [0, 0.05) is 22.9 Å². The maximum absolute atomic E-state index is 14.4. The van der Waals surface area contributed by atoms with Gasteiger partial charge in [-0.25, -0.2) is 4.79 Å². The molecule has 2 aromatic carbocycles. The number of nitrogens with zero attached hydrogens (tertiary/aromatic N) is 1. The number of carbonyl (C=O) groups excluding carboxylic acids is 2. The molecule has 2 aliphatic rings. The van der Waals surface area contributed by atoms with E-state index in [0.717, 1.165) is 0 Å². The van der Waals surface area contributed by atoms with Gasteiger partial charge in [-0.3, -0.25) is 9.69 Å². The summed E-state index contributed by atoms with van der Waals surface area (Å²) in [4.78, 5) is 26.6. The van der Waals surface area contributed by atoms with Crippen LogP contribution in [0.15, 0.2) is 42.5 Å². The Morgan fingerprint density at radius 1 is 1.23 bits per heavy atom. The lowest BCUT2D eigenvalue weighted by atomic mass is 9.80. The van der Waals surface area contributed by atoms with Crippen LogP contribution in [-0.4, -0.2) is 25.1 Å². The van der Waals surface area contributed by atoms with E-state index < -0.39 is 30.0 Å². The van der Waals surface area contributed by atoms with E-state index >= 15 is 0 Å². The highest BCUT2D eigenvalue weighted by molar-refractivity contribution is 6.30. The minimum absolute atomic E-state index is 0.0367. The van der Waals surface area contributed by atoms with E-state index in [2.05, 4.69) is 5.32 Å². The molecule has 9 heteroatoms. The minimum atomic E-state index is -4.89. The number of carbonyl (C=O) groups is 2. The van der Waals surface area contributed by atoms with Crippen molar-refractivity contribution in [3.8, 4) is 5.75 Å². The van der Waals surface area contributed by atoms with Crippen LogP contribution in [0.3, 0.4) is 0 Å². The zero-order valence-electron chi connectivity index (χ0n) is 16.6. The van der Waals surface area contributed by atoms with Gasteiger partial charge >= 0.3 is 12.2 Å². The quantitative estimate of drug-likeness (QED) is 0.655. The Hall–Kier alpha value is -2.74. The number of Topliss-reactive ketones (excluding diaryl/α,β-unsaturated/α-hetero) is 1. The van der Waals surface area contributed by atoms with E-state index in [1.807, 2.05) is 0 Å². The number of benzene rings is 2. The second kappa shape index (κ2) is 7.75. The fourth-order valence-electron chi connectivity index (χ4n) is 3.86. The Morgan fingerprint density at radius 3 is 2.48 bits per heavy atom. The lowest BCUT2D eigenvalue weighted by Gasteiger charge is -2.44. The van der Waals surface area contributed by atoms with Crippen LogP contribution >= 0.6 is 11.6 Å². The van der Waals surface area contributed by atoms with Gasteiger partial charge in [-0.2, -0.15) is 13.2 Å². The van der Waals surface area contributed by atoms with Crippen LogP contribution in [0.1, 0.15) is 30.4 Å². The molecule has 0 saturated heterocycles. The highest BCUT2D eigenvalue weighted by Crippen LogP contribution is 2.50. The third-order valence-corrected chi connectivity index (χ3v) is 5.97. The molecule has 0 unspecified atom stereocenters. The highest BCUT2D eigenvalue weighted by Gasteiger charge is 2.62. The predicted molar refractivity (Wildman–Crippen MR) is 109 cm³/mol. The molecular weight excluding hydrogens is 433 g/mol. The molecule has 1 atom stereocenters. The maximum atomic E-state index is 14.4. The van der Waals surface area contributed by atoms with Gasteiger partial charge in [0.25, 0.3) is 0 Å². The molecule has 1 aliphatic heterocycles. The van der Waals surface area contributed by atoms with E-state index in [9.17, 15) is 22.8 Å². The summed E-state index contributed by atoms with van der Waals surface area (Å²) in [6.07, 6.45) is -4.59. The van der Waals surface area contributed by atoms with Crippen LogP contribution in [-0.2, 0) is 16.9 Å². The van der Waals surface area contributed by atoms with Crippen molar-refractivity contribution < 1.29 is 27.5 Å². The van der Waals surface area contributed by atoms with Gasteiger partial charge < -0.3 is 10.1 Å². The molecule has 164 valence electrons. The number of alkyl halides is 3. The molecule has 0 radical (unpaired) electrons. The molecule has 31 heavy (non-hydrogen) atoms. The van der Waals surface area contributed by atoms with Gasteiger partial charge in [-0.05, 0) is 48.7 Å². The van der Waals surface area contributed by atoms with E-state index in [4.69, 9.17) is 16.3 Å². The molecule has 2 aromatic rings. The lowest BCUT2D eigenvalue weighted by Crippen LogP contribution is -2.63. The molecule has 0 bridgehead atoms. The molecule has 1 N–H and O–H groups in total. The summed E-state index contributed by atoms with van der Waals surface area (Å²) in [5.41, 5.74) is -2.27. The van der Waals surface area contributed by atoms with Crippen LogP contribution in [0.25, 0.3) is 0 Å². The normalized spacial score (nSPS) is 20.8. The van der Waals surface area contributed by atoms with Crippen molar-refractivity contribution in [1.82, 2.24) is 5.32 Å². The number of rotatable bonds is 6. The molecular formula is C22H20ClF3N2O3. The van der Waals surface area contributed by atoms with Crippen molar-refractivity contribution in [1.29, 1.82) is 0 Å². The van der Waals surface area contributed by atoms with Crippen LogP contribution in [0, 0.1) is 5.92 Å². The van der Waals surface area contributed by atoms with Crippen LogP contribution < -0.4 is 15.0 Å². The summed E-state index contributed by atoms with van der Waals surface area (Å²) in [7, 11) is 1.52. The van der Waals surface area contributed by atoms with Crippen molar-refractivity contribution in [2.75, 3.05) is 12.0 Å². The number of fused-ring (bicyclic) bond motifs is 1. The summed E-state index contributed by atoms with van der Waals surface area (Å²) >= 11 is 6.05. The summed E-state index contributed by atoms with van der Waals surface area (Å²) in [5.74, 6) is -0.267. The number of halogens is 4. The van der Waals surface area contributed by atoms with Gasteiger partial charge in [-0.1, -0.05) is 23.7 Å². The fourth-order valence-corrected chi connectivity index (χ4v) is 4.03. The van der Waals surface area contributed by atoms with Gasteiger partial charge in [0.2, 0.25) is 0 Å². The van der Waals surface area contributed by atoms with Crippen LogP contribution in [0.4, 0.5) is 23.7 Å². The molecule has 0 spiro atoms. The van der Waals surface area contributed by atoms with Crippen molar-refractivity contribution in [3.63, 3.8) is 0 Å². The second-order valence-electron chi connectivity index (χ2n) is 7.85. The minimum Gasteiger partial charge on any atom is -0.497 e. The summed E-state index contributed by atoms with van der Waals surface area (Å²) in [5, 5.41) is 2.21. The first kappa shape index (κ1) is 21.5. The number of nitrogens with one attached hydrogen (secondary N) is 1. The van der Waals surface area contributed by atoms with Crippen molar-refractivity contribution in [3.05, 3.63) is 58.6 Å². The second-order valence-corrected chi connectivity index (χ2v) is 8.28. The average molecular weight is 453 g/mol. The van der Waals surface area contributed by atoms with Crippen molar-refractivity contribution in [2.24, 2.45) is 5.92 Å². The first-order chi connectivity index (χ1) is 14.6. The van der Waals surface area contributed by atoms with Gasteiger partial charge in [-0.15, -0.1) is 0 Å². The van der Waals surface area contributed by atoms with Gasteiger partial charge in [0.15, 0.2) is 5.54 Å². The first-order valence-electron chi connectivity index (χ1n) is 9.77. The zero-order valence-corrected chi connectivity index (χ0v) is 17.4. The maximum Gasteiger partial charge on any atom is 0.416 e. The van der Waals surface area contributed by atoms with Crippen molar-refractivity contribution >= 4 is 29.1 Å². The molecule has 0 aromatic heterocycles. The Balaban J connectivity index is 1.78. The zero-order chi connectivity index (χ0) is 22.4. The average Bonchev–Trinajstić information content (AvgIpc) is 3.56. The largest absolute Gasteiger partial charge is 0.497 e. The lowest BCUT2D eigenvalue weighted by molar-refractivity contribution is -0.201. The van der Waals surface area contributed by atoms with Gasteiger partial charge in [0.05, 0.1) is 19.3 Å². The molecule has 1 fully saturated rings. The SMILES string of the molecule is COc1ccc(CN2C(=O)N[C@](CC(=O)C3CC3)(C(F)(F)F)c3cc(Cl)ccc32)cc1. The van der Waals surface area contributed by atoms with Gasteiger partial charge in [0.1, 0.15) is 11.5 Å². The summed E-state index contributed by atoms with van der Waals surface area (Å²) in [6.45, 7) is 0.0367. The number of hydrogen-bond acceptors (Lipinski definition) is 3. The van der Waals surface area contributed by atoms with Crippen LogP contribution in [0.2, 0.25) is 5.02 Å². The summed E-state index contributed by atoms with van der Waals surface area (Å²) in [6, 6.07) is 9.94. The molecule has 1 heterocycles. The number of methoxy groups -OCH3 is 1. The first-order valence-corrected chi connectivity index (χ1v) is 10.1. The van der Waals surface area contributed by atoms with E-state index in [0.29, 0.717) is 24.2 Å². The monoisotopic (exact) mass is 452 g/mol. The van der Waals surface area contributed by atoms with E-state index in [1.165, 1.54) is 30.2 Å². The highest BCUT2D eigenvalue weighted by atomic mass is 35.5. The standard InChI is InChI=1S/C22H20ClF3N2O3/c1-31-16-7-2-13(3-8-16)12-28-18-9-6-15(23)10-17(18)21(22(24,25)26,27-20(28)30)11-19(29)14-4-5-14/h2-3,6-10,14H,4-5,11-12H2,1H3,(H,27,30)/t21-/m0/s1. The molecule has 4 rings (SSSR count). The Kier molecular flexibility index (Phi) is 5.37. The Morgan fingerprint density at radius 2 is 1.90 bits per heavy atom. The van der Waals surface area contributed by atoms with Crippen molar-refractivity contribution in [2.45, 2.75) is 37.5 Å². The third kappa shape index (κ3) is 3.96. The Bertz CT molecular complexity index is 1020. The molecule has 5 nitrogen and oxygen atoms in total. The fraction of sp³-hybridized carbons (Fsp3) is 0.364. The number of amides is 2. The Labute approximate surface area is 182 Å². The van der Waals surface area contributed by atoms with E-state index in [1.54, 1.807) is 24.3 Å². The third-order valence-electron chi connectivity index (χ3n) is 5.73. The number of ether oxygens (including phenoxy) is 1. The number of ketones is 1. The predicted octanol–water partition coefficient (Wildman–Crippen LogP) is 5.21. The molecule has 1 aliphatic carbocycles. The smallest absolute Gasteiger partial charge is 0.416 e.